The van der Waals surface area contributed by atoms with Gasteiger partial charge in [0.05, 0.1) is 17.0 Å². The monoisotopic (exact) mass is 306 g/mol. The second-order valence-electron chi connectivity index (χ2n) is 5.73. The van der Waals surface area contributed by atoms with Crippen molar-refractivity contribution in [2.75, 3.05) is 11.9 Å². The van der Waals surface area contributed by atoms with Crippen molar-refractivity contribution in [2.45, 2.75) is 12.3 Å². The summed E-state index contributed by atoms with van der Waals surface area (Å²) in [4.78, 5) is 38.0. The van der Waals surface area contributed by atoms with Gasteiger partial charge in [0.25, 0.3) is 11.8 Å². The average Bonchev–Trinajstić information content (AvgIpc) is 3.01. The molecule has 4 rings (SSSR count). The number of hydrogen-bond acceptors (Lipinski definition) is 3. The van der Waals surface area contributed by atoms with Crippen molar-refractivity contribution in [3.05, 3.63) is 65.2 Å². The third-order valence-corrected chi connectivity index (χ3v) is 4.43. The summed E-state index contributed by atoms with van der Waals surface area (Å²) in [6, 6.07) is 14.3. The minimum atomic E-state index is -0.324. The molecule has 0 fully saturated rings. The highest BCUT2D eigenvalue weighted by Gasteiger charge is 2.37. The normalized spacial score (nSPS) is 18.9. The minimum Gasteiger partial charge on any atom is -0.325 e. The number of carbonyl (C=O) groups is 3. The van der Waals surface area contributed by atoms with Gasteiger partial charge in [0.1, 0.15) is 0 Å². The molecule has 0 spiro atoms. The molecular weight excluding hydrogens is 292 g/mol. The summed E-state index contributed by atoms with van der Waals surface area (Å²) in [5, 5.41) is 2.84. The first kappa shape index (κ1) is 13.7. The van der Waals surface area contributed by atoms with Crippen molar-refractivity contribution >= 4 is 23.4 Å². The van der Waals surface area contributed by atoms with Gasteiger partial charge in [-0.05, 0) is 30.2 Å². The molecule has 1 N–H and O–H groups in total. The fraction of sp³-hybridized carbons (Fsp3) is 0.167. The van der Waals surface area contributed by atoms with Crippen LogP contribution in [0.15, 0.2) is 48.5 Å². The van der Waals surface area contributed by atoms with Gasteiger partial charge in [0.2, 0.25) is 5.91 Å². The molecule has 23 heavy (non-hydrogen) atoms. The molecule has 5 nitrogen and oxygen atoms in total. The fourth-order valence-corrected chi connectivity index (χ4v) is 3.26. The number of carbonyl (C=O) groups excluding carboxylic acids is 3. The van der Waals surface area contributed by atoms with Gasteiger partial charge in [-0.3, -0.25) is 19.3 Å². The fourth-order valence-electron chi connectivity index (χ4n) is 3.26. The largest absolute Gasteiger partial charge is 0.325 e. The van der Waals surface area contributed by atoms with E-state index in [-0.39, 0.29) is 30.2 Å². The highest BCUT2D eigenvalue weighted by Crippen LogP contribution is 2.35. The summed E-state index contributed by atoms with van der Waals surface area (Å²) in [5.74, 6) is -0.965. The summed E-state index contributed by atoms with van der Waals surface area (Å²) < 4.78 is 0. The molecule has 114 valence electrons. The third-order valence-electron chi connectivity index (χ3n) is 4.43. The van der Waals surface area contributed by atoms with Gasteiger partial charge in [0.15, 0.2) is 0 Å². The molecule has 2 aromatic carbocycles. The lowest BCUT2D eigenvalue weighted by atomic mass is 9.97. The van der Waals surface area contributed by atoms with E-state index in [1.807, 2.05) is 24.3 Å². The summed E-state index contributed by atoms with van der Waals surface area (Å²) >= 11 is 0. The zero-order valence-corrected chi connectivity index (χ0v) is 12.3. The van der Waals surface area contributed by atoms with Crippen LogP contribution in [0.4, 0.5) is 5.69 Å². The van der Waals surface area contributed by atoms with E-state index in [0.717, 1.165) is 11.3 Å². The van der Waals surface area contributed by atoms with Gasteiger partial charge in [-0.25, -0.2) is 0 Å². The number of benzene rings is 2. The van der Waals surface area contributed by atoms with Gasteiger partial charge < -0.3 is 5.32 Å². The number of fused-ring (bicyclic) bond motifs is 2. The van der Waals surface area contributed by atoms with E-state index in [4.69, 9.17) is 0 Å². The molecular formula is C18H14N2O3. The van der Waals surface area contributed by atoms with Crippen LogP contribution in [-0.4, -0.2) is 29.2 Å². The quantitative estimate of drug-likeness (QED) is 0.886. The second kappa shape index (κ2) is 5.05. The summed E-state index contributed by atoms with van der Waals surface area (Å²) in [7, 11) is 0. The SMILES string of the molecule is O=C1Nc2ccccc2C1CCN1C(=O)c2ccccc2C1=O. The lowest BCUT2D eigenvalue weighted by molar-refractivity contribution is -0.117. The van der Waals surface area contributed by atoms with Gasteiger partial charge in [-0.2, -0.15) is 0 Å². The Morgan fingerprint density at radius 2 is 1.48 bits per heavy atom. The third kappa shape index (κ3) is 2.04. The van der Waals surface area contributed by atoms with E-state index in [1.165, 1.54) is 4.90 Å². The van der Waals surface area contributed by atoms with Gasteiger partial charge >= 0.3 is 0 Å². The smallest absolute Gasteiger partial charge is 0.261 e. The van der Waals surface area contributed by atoms with Gasteiger partial charge in [-0.15, -0.1) is 0 Å². The maximum absolute atomic E-state index is 12.3. The molecule has 0 aliphatic carbocycles. The Morgan fingerprint density at radius 1 is 0.870 bits per heavy atom. The predicted octanol–water partition coefficient (Wildman–Crippen LogP) is 2.41. The Morgan fingerprint density at radius 3 is 2.17 bits per heavy atom. The molecule has 0 aromatic heterocycles. The van der Waals surface area contributed by atoms with Crippen LogP contribution in [0.3, 0.4) is 0 Å². The second-order valence-corrected chi connectivity index (χ2v) is 5.73. The topological polar surface area (TPSA) is 66.5 Å². The van der Waals surface area contributed by atoms with Crippen LogP contribution >= 0.6 is 0 Å². The Kier molecular flexibility index (Phi) is 3.01. The molecule has 5 heteroatoms. The Balaban J connectivity index is 1.54. The average molecular weight is 306 g/mol. The molecule has 0 radical (unpaired) electrons. The van der Waals surface area contributed by atoms with Crippen molar-refractivity contribution in [3.63, 3.8) is 0 Å². The van der Waals surface area contributed by atoms with Gasteiger partial charge in [-0.1, -0.05) is 30.3 Å². The van der Waals surface area contributed by atoms with E-state index < -0.39 is 0 Å². The first-order valence-electron chi connectivity index (χ1n) is 7.52. The van der Waals surface area contributed by atoms with Crippen molar-refractivity contribution in [1.29, 1.82) is 0 Å². The van der Waals surface area contributed by atoms with E-state index in [0.29, 0.717) is 17.5 Å². The maximum atomic E-state index is 12.3. The van der Waals surface area contributed by atoms with Crippen molar-refractivity contribution < 1.29 is 14.4 Å². The standard InChI is InChI=1S/C18H14N2O3/c21-16-12(11-5-3-4-8-15(11)19-16)9-10-20-17(22)13-6-1-2-7-14(13)18(20)23/h1-8,12H,9-10H2,(H,19,21). The predicted molar refractivity (Wildman–Crippen MR) is 84.2 cm³/mol. The summed E-state index contributed by atoms with van der Waals surface area (Å²) in [5.41, 5.74) is 2.61. The molecule has 2 aliphatic rings. The van der Waals surface area contributed by atoms with E-state index in [9.17, 15) is 14.4 Å². The number of para-hydroxylation sites is 1. The van der Waals surface area contributed by atoms with Gasteiger partial charge in [0, 0.05) is 12.2 Å². The Hall–Kier alpha value is -2.95. The molecule has 2 heterocycles. The van der Waals surface area contributed by atoms with Crippen molar-refractivity contribution in [3.8, 4) is 0 Å². The zero-order valence-electron chi connectivity index (χ0n) is 12.3. The van der Waals surface area contributed by atoms with E-state index in [1.54, 1.807) is 24.3 Å². The van der Waals surface area contributed by atoms with Crippen LogP contribution in [0, 0.1) is 0 Å². The summed E-state index contributed by atoms with van der Waals surface area (Å²) in [6.45, 7) is 0.235. The van der Waals surface area contributed by atoms with Crippen LogP contribution < -0.4 is 5.32 Å². The van der Waals surface area contributed by atoms with E-state index in [2.05, 4.69) is 5.32 Å². The number of anilines is 1. The highest BCUT2D eigenvalue weighted by atomic mass is 16.2. The molecule has 2 aliphatic heterocycles. The molecule has 0 saturated heterocycles. The van der Waals surface area contributed by atoms with Crippen LogP contribution in [0.5, 0.6) is 0 Å². The van der Waals surface area contributed by atoms with Crippen LogP contribution in [0.25, 0.3) is 0 Å². The maximum Gasteiger partial charge on any atom is 0.261 e. The van der Waals surface area contributed by atoms with E-state index >= 15 is 0 Å². The first-order valence-corrected chi connectivity index (χ1v) is 7.52. The van der Waals surface area contributed by atoms with Crippen LogP contribution in [-0.2, 0) is 4.79 Å². The number of nitrogens with zero attached hydrogens (tertiary/aromatic N) is 1. The number of hydrogen-bond donors (Lipinski definition) is 1. The number of imide groups is 1. The van der Waals surface area contributed by atoms with Crippen molar-refractivity contribution in [2.24, 2.45) is 0 Å². The molecule has 3 amide bonds. The lowest BCUT2D eigenvalue weighted by Crippen LogP contribution is -2.32. The molecule has 0 saturated carbocycles. The molecule has 2 aromatic rings. The zero-order chi connectivity index (χ0) is 16.0. The molecule has 1 atom stereocenters. The number of nitrogens with one attached hydrogen (secondary N) is 1. The number of rotatable bonds is 3. The molecule has 0 bridgehead atoms. The lowest BCUT2D eigenvalue weighted by Gasteiger charge is -2.16. The van der Waals surface area contributed by atoms with Crippen LogP contribution in [0.1, 0.15) is 38.6 Å². The Bertz CT molecular complexity index is 809. The number of amides is 3. The highest BCUT2D eigenvalue weighted by molar-refractivity contribution is 6.21. The Labute approximate surface area is 132 Å². The minimum absolute atomic E-state index is 0.0807. The first-order chi connectivity index (χ1) is 11.2. The van der Waals surface area contributed by atoms with Crippen LogP contribution in [0.2, 0.25) is 0 Å². The molecule has 1 unspecified atom stereocenters. The summed E-state index contributed by atoms with van der Waals surface area (Å²) in [6.07, 6.45) is 0.425. The van der Waals surface area contributed by atoms with Crippen molar-refractivity contribution in [1.82, 2.24) is 4.90 Å².